The highest BCUT2D eigenvalue weighted by atomic mass is 15.1. The van der Waals surface area contributed by atoms with Crippen LogP contribution in [0.1, 0.15) is 55.1 Å². The average Bonchev–Trinajstić information content (AvgIpc) is 2.99. The lowest BCUT2D eigenvalue weighted by molar-refractivity contribution is 0.548. The molecule has 0 aliphatic heterocycles. The van der Waals surface area contributed by atoms with Crippen LogP contribution < -0.4 is 5.32 Å². The first kappa shape index (κ1) is 14.3. The second-order valence-corrected chi connectivity index (χ2v) is 6.01. The lowest BCUT2D eigenvalue weighted by atomic mass is 9.89. The van der Waals surface area contributed by atoms with Gasteiger partial charge in [-0.05, 0) is 56.2 Å². The maximum absolute atomic E-state index is 4.22. The summed E-state index contributed by atoms with van der Waals surface area (Å²) in [5.41, 5.74) is 5.77. The SMILES string of the molecule is CCn1cncc1CNC(C)c1ccc2c(c1)CCCC2. The van der Waals surface area contributed by atoms with Crippen LogP contribution in [0.15, 0.2) is 30.7 Å². The van der Waals surface area contributed by atoms with Gasteiger partial charge in [-0.25, -0.2) is 4.98 Å². The third kappa shape index (κ3) is 3.18. The lowest BCUT2D eigenvalue weighted by Crippen LogP contribution is -2.20. The van der Waals surface area contributed by atoms with Crippen molar-refractivity contribution in [1.29, 1.82) is 0 Å². The third-order valence-electron chi connectivity index (χ3n) is 4.60. The minimum Gasteiger partial charge on any atom is -0.334 e. The highest BCUT2D eigenvalue weighted by Gasteiger charge is 2.12. The van der Waals surface area contributed by atoms with Crippen molar-refractivity contribution in [2.45, 2.75) is 58.7 Å². The van der Waals surface area contributed by atoms with Gasteiger partial charge in [0.25, 0.3) is 0 Å². The van der Waals surface area contributed by atoms with Gasteiger partial charge in [0.1, 0.15) is 0 Å². The fraction of sp³-hybridized carbons (Fsp3) is 0.500. The van der Waals surface area contributed by atoms with Gasteiger partial charge >= 0.3 is 0 Å². The number of aromatic nitrogens is 2. The van der Waals surface area contributed by atoms with Gasteiger partial charge in [0.15, 0.2) is 0 Å². The Morgan fingerprint density at radius 2 is 2.05 bits per heavy atom. The summed E-state index contributed by atoms with van der Waals surface area (Å²) < 4.78 is 2.19. The van der Waals surface area contributed by atoms with Crippen LogP contribution in [0.2, 0.25) is 0 Å². The predicted octanol–water partition coefficient (Wildman–Crippen LogP) is 3.63. The standard InChI is InChI=1S/C18H25N3/c1-3-21-13-19-11-18(21)12-20-14(2)16-9-8-15-6-4-5-7-17(15)10-16/h8-11,13-14,20H,3-7,12H2,1-2H3. The molecule has 1 N–H and O–H groups in total. The summed E-state index contributed by atoms with van der Waals surface area (Å²) in [7, 11) is 0. The van der Waals surface area contributed by atoms with E-state index in [9.17, 15) is 0 Å². The molecule has 0 amide bonds. The van der Waals surface area contributed by atoms with Gasteiger partial charge in [-0.15, -0.1) is 0 Å². The monoisotopic (exact) mass is 283 g/mol. The van der Waals surface area contributed by atoms with Crippen LogP contribution in [0.3, 0.4) is 0 Å². The van der Waals surface area contributed by atoms with Crippen LogP contribution in [-0.4, -0.2) is 9.55 Å². The van der Waals surface area contributed by atoms with Crippen LogP contribution in [0.5, 0.6) is 0 Å². The lowest BCUT2D eigenvalue weighted by Gasteiger charge is -2.20. The Balaban J connectivity index is 1.66. The Kier molecular flexibility index (Phi) is 4.39. The number of rotatable bonds is 5. The highest BCUT2D eigenvalue weighted by Crippen LogP contribution is 2.24. The number of hydrogen-bond donors (Lipinski definition) is 1. The van der Waals surface area contributed by atoms with Crippen LogP contribution in [0, 0.1) is 0 Å². The fourth-order valence-electron chi connectivity index (χ4n) is 3.18. The zero-order valence-corrected chi connectivity index (χ0v) is 13.1. The predicted molar refractivity (Wildman–Crippen MR) is 86.2 cm³/mol. The number of aryl methyl sites for hydroxylation is 3. The first-order valence-electron chi connectivity index (χ1n) is 8.12. The van der Waals surface area contributed by atoms with E-state index >= 15 is 0 Å². The zero-order valence-electron chi connectivity index (χ0n) is 13.1. The maximum atomic E-state index is 4.22. The number of fused-ring (bicyclic) bond motifs is 1. The molecular formula is C18H25N3. The van der Waals surface area contributed by atoms with Crippen molar-refractivity contribution in [2.75, 3.05) is 0 Å². The number of benzene rings is 1. The smallest absolute Gasteiger partial charge is 0.0948 e. The molecule has 0 saturated heterocycles. The first-order valence-corrected chi connectivity index (χ1v) is 8.12. The molecule has 1 unspecified atom stereocenters. The van der Waals surface area contributed by atoms with Crippen LogP contribution in [0.25, 0.3) is 0 Å². The minimum absolute atomic E-state index is 0.373. The van der Waals surface area contributed by atoms with Crippen molar-refractivity contribution in [1.82, 2.24) is 14.9 Å². The molecule has 3 rings (SSSR count). The van der Waals surface area contributed by atoms with E-state index in [4.69, 9.17) is 0 Å². The molecule has 0 spiro atoms. The molecule has 0 saturated carbocycles. The van der Waals surface area contributed by atoms with E-state index < -0.39 is 0 Å². The van der Waals surface area contributed by atoms with E-state index in [2.05, 4.69) is 46.9 Å². The normalized spacial score (nSPS) is 15.7. The first-order chi connectivity index (χ1) is 10.3. The molecule has 0 radical (unpaired) electrons. The molecule has 1 atom stereocenters. The molecule has 1 heterocycles. The molecule has 0 bridgehead atoms. The third-order valence-corrected chi connectivity index (χ3v) is 4.60. The van der Waals surface area contributed by atoms with Gasteiger partial charge in [0, 0.05) is 25.3 Å². The Morgan fingerprint density at radius 1 is 1.24 bits per heavy atom. The van der Waals surface area contributed by atoms with Crippen molar-refractivity contribution in [3.05, 3.63) is 53.1 Å². The van der Waals surface area contributed by atoms with E-state index in [1.807, 2.05) is 12.5 Å². The Labute approximate surface area is 127 Å². The zero-order chi connectivity index (χ0) is 14.7. The van der Waals surface area contributed by atoms with Gasteiger partial charge in [-0.1, -0.05) is 18.2 Å². The van der Waals surface area contributed by atoms with Gasteiger partial charge < -0.3 is 9.88 Å². The van der Waals surface area contributed by atoms with Gasteiger partial charge in [-0.3, -0.25) is 0 Å². The molecule has 3 heteroatoms. The van der Waals surface area contributed by atoms with E-state index in [0.29, 0.717) is 6.04 Å². The molecule has 2 aromatic rings. The molecule has 1 aliphatic rings. The Hall–Kier alpha value is -1.61. The highest BCUT2D eigenvalue weighted by molar-refractivity contribution is 5.35. The molecule has 1 aliphatic carbocycles. The number of imidazole rings is 1. The van der Waals surface area contributed by atoms with Crippen molar-refractivity contribution < 1.29 is 0 Å². The van der Waals surface area contributed by atoms with E-state index in [0.717, 1.165) is 13.1 Å². The van der Waals surface area contributed by atoms with Crippen molar-refractivity contribution in [3.8, 4) is 0 Å². The molecule has 21 heavy (non-hydrogen) atoms. The number of nitrogens with zero attached hydrogens (tertiary/aromatic N) is 2. The summed E-state index contributed by atoms with van der Waals surface area (Å²) in [4.78, 5) is 4.22. The summed E-state index contributed by atoms with van der Waals surface area (Å²) in [5.74, 6) is 0. The number of hydrogen-bond acceptors (Lipinski definition) is 2. The van der Waals surface area contributed by atoms with Crippen molar-refractivity contribution in [3.63, 3.8) is 0 Å². The topological polar surface area (TPSA) is 29.9 Å². The van der Waals surface area contributed by atoms with Crippen molar-refractivity contribution >= 4 is 0 Å². The van der Waals surface area contributed by atoms with Gasteiger partial charge in [-0.2, -0.15) is 0 Å². The van der Waals surface area contributed by atoms with E-state index in [-0.39, 0.29) is 0 Å². The summed E-state index contributed by atoms with van der Waals surface area (Å²) in [5, 5.41) is 3.62. The molecule has 0 fully saturated rings. The second-order valence-electron chi connectivity index (χ2n) is 6.01. The summed E-state index contributed by atoms with van der Waals surface area (Å²) >= 11 is 0. The van der Waals surface area contributed by atoms with Crippen LogP contribution in [0.4, 0.5) is 0 Å². The average molecular weight is 283 g/mol. The number of nitrogens with one attached hydrogen (secondary N) is 1. The summed E-state index contributed by atoms with van der Waals surface area (Å²) in [6, 6.07) is 7.40. The fourth-order valence-corrected chi connectivity index (χ4v) is 3.18. The summed E-state index contributed by atoms with van der Waals surface area (Å²) in [6.07, 6.45) is 9.05. The second kappa shape index (κ2) is 6.44. The van der Waals surface area contributed by atoms with Gasteiger partial charge in [0.2, 0.25) is 0 Å². The Bertz CT molecular complexity index is 600. The van der Waals surface area contributed by atoms with Crippen molar-refractivity contribution in [2.24, 2.45) is 0 Å². The molecular weight excluding hydrogens is 258 g/mol. The largest absolute Gasteiger partial charge is 0.334 e. The molecule has 1 aromatic heterocycles. The van der Waals surface area contributed by atoms with E-state index in [1.165, 1.54) is 36.9 Å². The van der Waals surface area contributed by atoms with E-state index in [1.54, 1.807) is 11.1 Å². The maximum Gasteiger partial charge on any atom is 0.0948 e. The molecule has 3 nitrogen and oxygen atoms in total. The van der Waals surface area contributed by atoms with Crippen LogP contribution >= 0.6 is 0 Å². The molecule has 112 valence electrons. The van der Waals surface area contributed by atoms with Gasteiger partial charge in [0.05, 0.1) is 12.0 Å². The molecule has 1 aromatic carbocycles. The quantitative estimate of drug-likeness (QED) is 0.908. The van der Waals surface area contributed by atoms with Crippen LogP contribution in [-0.2, 0) is 25.9 Å². The minimum atomic E-state index is 0.373. The summed E-state index contributed by atoms with van der Waals surface area (Å²) in [6.45, 7) is 6.24. The Morgan fingerprint density at radius 3 is 2.86 bits per heavy atom.